The Bertz CT molecular complexity index is 4550. The minimum absolute atomic E-state index is 0.0407. The molecule has 23 nitrogen and oxygen atoms in total. The third-order valence-electron chi connectivity index (χ3n) is 17.0. The Balaban J connectivity index is 0.000000139. The number of aryl methyl sites for hydroxylation is 2. The lowest BCUT2D eigenvalue weighted by molar-refractivity contribution is 0.201. The first-order chi connectivity index (χ1) is 47.5. The maximum atomic E-state index is 9.16. The zero-order valence-electron chi connectivity index (χ0n) is 56.2. The van der Waals surface area contributed by atoms with Crippen LogP contribution < -0.4 is 43.1 Å². The second-order valence-corrected chi connectivity index (χ2v) is 23.9. The van der Waals surface area contributed by atoms with Gasteiger partial charge in [0.05, 0.1) is 130 Å². The normalized spacial score (nSPS) is 12.8. The molecule has 2 fully saturated rings. The van der Waals surface area contributed by atoms with Gasteiger partial charge in [0, 0.05) is 158 Å². The topological polar surface area (TPSA) is 230 Å². The molecule has 14 rings (SSSR count). The predicted octanol–water partition coefficient (Wildman–Crippen LogP) is 13.2. The summed E-state index contributed by atoms with van der Waals surface area (Å²) in [5, 5.41) is 24.5. The van der Waals surface area contributed by atoms with Crippen molar-refractivity contribution in [2.45, 2.75) is 45.4 Å². The standard InChI is InChI=1S/C27H32N6O2.C25H27N5O3.C22H23N5O2/c1-31-19-20(17-29-31)27-18-28-25-8-7-21(15-26(25)30-27)33(12-6-11-32-9-4-5-10-32)22-13-23(34-2)16-24(14-22)35-3;1-29-16-18(13-27-29)25-14-26-23-6-5-19(11-24(23)28-25)30(15-17-3-4-17)20-9-21(32-2)12-22(10-20)33-8-7-31;1-4-7-27(17-8-18(28-2)11-19(9-17)29-3)16-5-6-20-21(10-16)26-22(14-23-20)15-12-24-25-13-15/h7-8,13-19H,4-6,9-12H2,1-3H3;5-6,9-14,16-17,31H,3-4,7-8,15H2,1-2H3;5-6,8-14H,4,7H2,1-3H3,(H,24,25). The molecule has 12 aromatic rings. The van der Waals surface area contributed by atoms with Crippen molar-refractivity contribution in [1.82, 2.24) is 64.6 Å². The number of benzene rings is 6. The zero-order valence-corrected chi connectivity index (χ0v) is 56.2. The molecule has 6 aromatic heterocycles. The highest BCUT2D eigenvalue weighted by Crippen LogP contribution is 2.41. The summed E-state index contributed by atoms with van der Waals surface area (Å²) >= 11 is 0. The van der Waals surface area contributed by atoms with E-state index in [0.29, 0.717) is 17.4 Å². The number of anilines is 6. The van der Waals surface area contributed by atoms with E-state index >= 15 is 0 Å². The lowest BCUT2D eigenvalue weighted by Crippen LogP contribution is -2.26. The smallest absolute Gasteiger partial charge is 0.125 e. The summed E-state index contributed by atoms with van der Waals surface area (Å²) in [6, 6.07) is 36.3. The molecule has 0 amide bonds. The lowest BCUT2D eigenvalue weighted by Gasteiger charge is -2.27. The Morgan fingerprint density at radius 1 is 0.485 bits per heavy atom. The number of nitrogens with zero attached hydrogens (tertiary/aromatic N) is 15. The van der Waals surface area contributed by atoms with Crippen LogP contribution in [0, 0.1) is 5.92 Å². The third-order valence-corrected chi connectivity index (χ3v) is 17.0. The molecular weight excluding hydrogens is 1220 g/mol. The number of hydrogen-bond acceptors (Lipinski definition) is 20. The molecule has 1 saturated carbocycles. The molecule has 6 aromatic carbocycles. The van der Waals surface area contributed by atoms with Crippen LogP contribution in [-0.2, 0) is 14.1 Å². The van der Waals surface area contributed by atoms with Gasteiger partial charge in [-0.3, -0.25) is 29.4 Å². The van der Waals surface area contributed by atoms with Crippen LogP contribution in [0.1, 0.15) is 45.4 Å². The number of aliphatic hydroxyl groups is 1. The third kappa shape index (κ3) is 16.4. The van der Waals surface area contributed by atoms with E-state index in [1.165, 1.54) is 38.8 Å². The van der Waals surface area contributed by atoms with Gasteiger partial charge in [0.25, 0.3) is 0 Å². The highest BCUT2D eigenvalue weighted by molar-refractivity contribution is 5.85. The summed E-state index contributed by atoms with van der Waals surface area (Å²) in [4.78, 5) is 37.7. The number of nitrogens with one attached hydrogen (secondary N) is 1. The Kier molecular flexibility index (Phi) is 21.2. The van der Waals surface area contributed by atoms with Gasteiger partial charge in [-0.2, -0.15) is 15.3 Å². The van der Waals surface area contributed by atoms with Crippen molar-refractivity contribution in [2.24, 2.45) is 20.0 Å². The minimum Gasteiger partial charge on any atom is -0.497 e. The minimum atomic E-state index is -0.0407. The fourth-order valence-corrected chi connectivity index (χ4v) is 11.8. The average molecular weight is 1310 g/mol. The first-order valence-corrected chi connectivity index (χ1v) is 32.7. The average Bonchev–Trinajstić information content (AvgIpc) is 1.54. The van der Waals surface area contributed by atoms with Gasteiger partial charge in [-0.25, -0.2) is 15.0 Å². The molecule has 0 atom stereocenters. The molecule has 0 bridgehead atoms. The van der Waals surface area contributed by atoms with Gasteiger partial charge in [-0.15, -0.1) is 0 Å². The first kappa shape index (κ1) is 66.1. The fourth-order valence-electron chi connectivity index (χ4n) is 11.8. The highest BCUT2D eigenvalue weighted by Gasteiger charge is 2.27. The molecule has 1 saturated heterocycles. The van der Waals surface area contributed by atoms with E-state index in [2.05, 4.69) is 110 Å². The van der Waals surface area contributed by atoms with Crippen molar-refractivity contribution < 1.29 is 33.5 Å². The molecule has 2 aliphatic rings. The van der Waals surface area contributed by atoms with Crippen LogP contribution in [0.4, 0.5) is 34.1 Å². The maximum Gasteiger partial charge on any atom is 0.125 e. The number of fused-ring (bicyclic) bond motifs is 3. The first-order valence-electron chi connectivity index (χ1n) is 32.7. The highest BCUT2D eigenvalue weighted by atomic mass is 16.5. The van der Waals surface area contributed by atoms with Gasteiger partial charge >= 0.3 is 0 Å². The SMILES string of the molecule is CCCN(c1cc(OC)cc(OC)c1)c1ccc2ncc(-c3cn[nH]c3)nc2c1.COc1cc(OC)cc(N(CCCN2CCCC2)c2ccc3ncc(-c4cnn(C)c4)nc3c2)c1.COc1cc(OCCO)cc(N(CC2CC2)c2ccc3ncc(-c4cnn(C)c4)nc3c2)c1. The van der Waals surface area contributed by atoms with Crippen LogP contribution >= 0.6 is 0 Å². The summed E-state index contributed by atoms with van der Waals surface area (Å²) in [7, 11) is 12.1. The molecule has 97 heavy (non-hydrogen) atoms. The van der Waals surface area contributed by atoms with Gasteiger partial charge in [-0.05, 0) is 119 Å². The predicted molar refractivity (Wildman–Crippen MR) is 380 cm³/mol. The van der Waals surface area contributed by atoms with Crippen molar-refractivity contribution in [2.75, 3.05) is 103 Å². The molecule has 1 aliphatic carbocycles. The summed E-state index contributed by atoms with van der Waals surface area (Å²) in [5.41, 5.74) is 16.4. The van der Waals surface area contributed by atoms with Crippen LogP contribution in [0.2, 0.25) is 0 Å². The molecule has 500 valence electrons. The number of rotatable bonds is 25. The summed E-state index contributed by atoms with van der Waals surface area (Å²) in [5.74, 6) is 5.07. The van der Waals surface area contributed by atoms with E-state index in [-0.39, 0.29) is 13.2 Å². The van der Waals surface area contributed by atoms with E-state index < -0.39 is 0 Å². The van der Waals surface area contributed by atoms with Gasteiger partial charge in [0.15, 0.2) is 0 Å². The number of aromatic nitrogens is 12. The second-order valence-electron chi connectivity index (χ2n) is 23.9. The number of aliphatic hydroxyl groups excluding tert-OH is 1. The summed E-state index contributed by atoms with van der Waals surface area (Å²) in [6.45, 7) is 8.46. The fraction of sp³-hybridized carbons (Fsp3) is 0.311. The summed E-state index contributed by atoms with van der Waals surface area (Å²) < 4.78 is 36.8. The van der Waals surface area contributed by atoms with Crippen LogP contribution in [0.15, 0.2) is 165 Å². The van der Waals surface area contributed by atoms with Crippen molar-refractivity contribution in [3.63, 3.8) is 0 Å². The van der Waals surface area contributed by atoms with E-state index in [1.54, 1.807) is 75.9 Å². The zero-order chi connectivity index (χ0) is 67.2. The van der Waals surface area contributed by atoms with Crippen LogP contribution in [-0.4, -0.2) is 158 Å². The Morgan fingerprint density at radius 3 is 1.33 bits per heavy atom. The van der Waals surface area contributed by atoms with E-state index in [1.807, 2.05) is 99.5 Å². The Labute approximate surface area is 564 Å². The quantitative estimate of drug-likeness (QED) is 0.0542. The Hall–Kier alpha value is -10.9. The van der Waals surface area contributed by atoms with Gasteiger partial charge < -0.3 is 53.1 Å². The van der Waals surface area contributed by atoms with E-state index in [4.69, 9.17) is 48.5 Å². The number of methoxy groups -OCH3 is 5. The molecule has 0 spiro atoms. The van der Waals surface area contributed by atoms with Crippen LogP contribution in [0.5, 0.6) is 34.5 Å². The number of aromatic amines is 1. The molecule has 0 radical (unpaired) electrons. The van der Waals surface area contributed by atoms with E-state index in [9.17, 15) is 0 Å². The Morgan fingerprint density at radius 2 is 0.918 bits per heavy atom. The number of likely N-dealkylation sites (tertiary alicyclic amines) is 1. The molecule has 7 heterocycles. The molecular formula is C74H82N16O7. The number of H-pyrrole nitrogens is 1. The van der Waals surface area contributed by atoms with Crippen molar-refractivity contribution >= 4 is 67.2 Å². The van der Waals surface area contributed by atoms with Gasteiger partial charge in [0.1, 0.15) is 41.1 Å². The van der Waals surface area contributed by atoms with Crippen LogP contribution in [0.3, 0.4) is 0 Å². The number of hydrogen-bond donors (Lipinski definition) is 2. The van der Waals surface area contributed by atoms with Gasteiger partial charge in [-0.1, -0.05) is 6.92 Å². The van der Waals surface area contributed by atoms with Crippen molar-refractivity contribution in [3.05, 3.63) is 165 Å². The van der Waals surface area contributed by atoms with Crippen molar-refractivity contribution in [1.29, 1.82) is 0 Å². The largest absolute Gasteiger partial charge is 0.497 e. The maximum absolute atomic E-state index is 9.16. The molecule has 0 unspecified atom stereocenters. The summed E-state index contributed by atoms with van der Waals surface area (Å²) in [6.07, 6.45) is 23.5. The monoisotopic (exact) mass is 1310 g/mol. The molecule has 1 aliphatic heterocycles. The van der Waals surface area contributed by atoms with Crippen molar-refractivity contribution in [3.8, 4) is 68.3 Å². The second kappa shape index (κ2) is 31.1. The molecule has 2 N–H and O–H groups in total. The van der Waals surface area contributed by atoms with Gasteiger partial charge in [0.2, 0.25) is 0 Å². The van der Waals surface area contributed by atoms with Crippen LogP contribution in [0.25, 0.3) is 66.9 Å². The molecule has 23 heteroatoms. The lowest BCUT2D eigenvalue weighted by atomic mass is 10.1. The van der Waals surface area contributed by atoms with E-state index in [0.717, 1.165) is 163 Å². The number of ether oxygens (including phenoxy) is 6.